The molecule has 0 radical (unpaired) electrons. The maximum Gasteiger partial charge on any atom is 0.257 e. The second kappa shape index (κ2) is 6.61. The number of likely N-dealkylation sites (tertiary alicyclic amines) is 1. The molecular weight excluding hydrogens is 340 g/mol. The van der Waals surface area contributed by atoms with Crippen LogP contribution in [0.25, 0.3) is 0 Å². The van der Waals surface area contributed by atoms with Crippen molar-refractivity contribution in [2.75, 3.05) is 19.3 Å². The monoisotopic (exact) mass is 366 g/mol. The lowest BCUT2D eigenvalue weighted by atomic mass is 9.98. The van der Waals surface area contributed by atoms with Crippen molar-refractivity contribution in [3.8, 4) is 5.75 Å². The predicted octanol–water partition coefficient (Wildman–Crippen LogP) is 1.69. The van der Waals surface area contributed by atoms with E-state index in [-0.39, 0.29) is 22.9 Å². The van der Waals surface area contributed by atoms with E-state index < -0.39 is 9.84 Å². The molecule has 2 N–H and O–H groups in total. The Morgan fingerprint density at radius 1 is 1.28 bits per heavy atom. The van der Waals surface area contributed by atoms with E-state index in [1.807, 2.05) is 13.8 Å². The van der Waals surface area contributed by atoms with Crippen molar-refractivity contribution in [1.29, 1.82) is 0 Å². The van der Waals surface area contributed by atoms with Crippen molar-refractivity contribution in [1.82, 2.24) is 4.90 Å². The summed E-state index contributed by atoms with van der Waals surface area (Å²) in [7, 11) is -3.40. The zero-order chi connectivity index (χ0) is 18.4. The van der Waals surface area contributed by atoms with Crippen LogP contribution in [-0.2, 0) is 9.84 Å². The Bertz CT molecular complexity index is 775. The van der Waals surface area contributed by atoms with E-state index in [1.54, 1.807) is 11.0 Å². The first-order valence-corrected chi connectivity index (χ1v) is 10.6. The molecule has 1 saturated carbocycles. The molecule has 1 heterocycles. The minimum absolute atomic E-state index is 0.109. The molecule has 3 atom stereocenters. The highest BCUT2D eigenvalue weighted by atomic mass is 32.2. The highest BCUT2D eigenvalue weighted by molar-refractivity contribution is 7.90. The van der Waals surface area contributed by atoms with Crippen LogP contribution in [0.2, 0.25) is 0 Å². The molecule has 1 aliphatic heterocycles. The Balaban J connectivity index is 1.92. The molecule has 1 amide bonds. The fraction of sp³-hybridized carbons (Fsp3) is 0.611. The summed E-state index contributed by atoms with van der Waals surface area (Å²) in [4.78, 5) is 15.0. The number of carbonyl (C=O) groups is 1. The lowest BCUT2D eigenvalue weighted by molar-refractivity contribution is 0.0773. The van der Waals surface area contributed by atoms with Gasteiger partial charge in [-0.15, -0.1) is 0 Å². The van der Waals surface area contributed by atoms with Gasteiger partial charge in [-0.1, -0.05) is 0 Å². The van der Waals surface area contributed by atoms with E-state index in [0.717, 1.165) is 19.1 Å². The molecule has 1 saturated heterocycles. The van der Waals surface area contributed by atoms with Gasteiger partial charge in [-0.05, 0) is 56.7 Å². The van der Waals surface area contributed by atoms with E-state index in [1.165, 1.54) is 12.1 Å². The Labute approximate surface area is 149 Å². The number of amides is 1. The molecule has 138 valence electrons. The van der Waals surface area contributed by atoms with Crippen LogP contribution in [-0.4, -0.2) is 50.7 Å². The molecule has 0 spiro atoms. The minimum Gasteiger partial charge on any atom is -0.490 e. The van der Waals surface area contributed by atoms with E-state index >= 15 is 0 Å². The van der Waals surface area contributed by atoms with E-state index in [4.69, 9.17) is 10.5 Å². The number of rotatable bonds is 4. The van der Waals surface area contributed by atoms with Crippen molar-refractivity contribution in [3.05, 3.63) is 23.8 Å². The van der Waals surface area contributed by atoms with Gasteiger partial charge >= 0.3 is 0 Å². The number of sulfone groups is 1. The quantitative estimate of drug-likeness (QED) is 0.876. The maximum atomic E-state index is 13.1. The summed E-state index contributed by atoms with van der Waals surface area (Å²) >= 11 is 0. The lowest BCUT2D eigenvalue weighted by Gasteiger charge is -2.21. The molecule has 2 fully saturated rings. The summed E-state index contributed by atoms with van der Waals surface area (Å²) in [5.74, 6) is 1.04. The van der Waals surface area contributed by atoms with Crippen molar-refractivity contribution >= 4 is 15.7 Å². The van der Waals surface area contributed by atoms with Gasteiger partial charge in [-0.3, -0.25) is 4.79 Å². The second-order valence-electron chi connectivity index (χ2n) is 7.47. The summed E-state index contributed by atoms with van der Waals surface area (Å²) in [6.07, 6.45) is 3.09. The third kappa shape index (κ3) is 3.67. The van der Waals surface area contributed by atoms with Crippen molar-refractivity contribution in [3.63, 3.8) is 0 Å². The third-order valence-electron chi connectivity index (χ3n) is 5.17. The van der Waals surface area contributed by atoms with E-state index in [0.29, 0.717) is 36.2 Å². The number of ether oxygens (including phenoxy) is 1. The zero-order valence-electron chi connectivity index (χ0n) is 14.9. The normalized spacial score (nSPS) is 26.1. The standard InChI is InChI=1S/C18H26N2O4S/c1-11(2)24-17-7-5-13(25(3,22)23)8-14(17)18(21)20-9-12-4-6-16(19)15(12)10-20/h5,7-8,11-12,15-16H,4,6,9-10,19H2,1-3H3. The first-order chi connectivity index (χ1) is 11.7. The largest absolute Gasteiger partial charge is 0.490 e. The first kappa shape index (κ1) is 18.2. The van der Waals surface area contributed by atoms with Gasteiger partial charge in [0.05, 0.1) is 16.6 Å². The van der Waals surface area contributed by atoms with Crippen molar-refractivity contribution in [2.45, 2.75) is 43.7 Å². The average Bonchev–Trinajstić information content (AvgIpc) is 3.08. The SMILES string of the molecule is CC(C)Oc1ccc(S(C)(=O)=O)cc1C(=O)N1CC2CCC(N)C2C1. The maximum absolute atomic E-state index is 13.1. The number of nitrogens with zero attached hydrogens (tertiary/aromatic N) is 1. The van der Waals surface area contributed by atoms with E-state index in [9.17, 15) is 13.2 Å². The topological polar surface area (TPSA) is 89.7 Å². The van der Waals surface area contributed by atoms with Crippen molar-refractivity contribution in [2.24, 2.45) is 17.6 Å². The van der Waals surface area contributed by atoms with E-state index in [2.05, 4.69) is 0 Å². The van der Waals surface area contributed by atoms with Gasteiger partial charge in [0.15, 0.2) is 9.84 Å². The molecule has 3 rings (SSSR count). The van der Waals surface area contributed by atoms with Crippen LogP contribution in [0.4, 0.5) is 0 Å². The van der Waals surface area contributed by atoms with Crippen LogP contribution >= 0.6 is 0 Å². The Hall–Kier alpha value is -1.60. The Morgan fingerprint density at radius 3 is 2.60 bits per heavy atom. The number of fused-ring (bicyclic) bond motifs is 1. The molecule has 6 nitrogen and oxygen atoms in total. The summed E-state index contributed by atoms with van der Waals surface area (Å²) in [5, 5.41) is 0. The molecule has 1 aromatic carbocycles. The molecule has 0 aromatic heterocycles. The smallest absolute Gasteiger partial charge is 0.257 e. The van der Waals surface area contributed by atoms with Gasteiger partial charge in [0, 0.05) is 25.4 Å². The fourth-order valence-corrected chi connectivity index (χ4v) is 4.55. The fourth-order valence-electron chi connectivity index (χ4n) is 3.91. The number of benzene rings is 1. The highest BCUT2D eigenvalue weighted by Crippen LogP contribution is 2.38. The molecule has 1 aliphatic carbocycles. The average molecular weight is 366 g/mol. The molecule has 7 heteroatoms. The Morgan fingerprint density at radius 2 is 2.00 bits per heavy atom. The molecule has 0 bridgehead atoms. The van der Waals surface area contributed by atoms with Gasteiger partial charge in [-0.25, -0.2) is 8.42 Å². The lowest BCUT2D eigenvalue weighted by Crippen LogP contribution is -2.33. The molecule has 25 heavy (non-hydrogen) atoms. The van der Waals surface area contributed by atoms with Crippen LogP contribution in [0, 0.1) is 11.8 Å². The van der Waals surface area contributed by atoms with Crippen LogP contribution in [0.15, 0.2) is 23.1 Å². The van der Waals surface area contributed by atoms with Gasteiger partial charge < -0.3 is 15.4 Å². The van der Waals surface area contributed by atoms with Crippen LogP contribution < -0.4 is 10.5 Å². The van der Waals surface area contributed by atoms with Gasteiger partial charge in [-0.2, -0.15) is 0 Å². The van der Waals surface area contributed by atoms with Gasteiger partial charge in [0.2, 0.25) is 0 Å². The molecule has 3 unspecified atom stereocenters. The first-order valence-electron chi connectivity index (χ1n) is 8.72. The number of carbonyl (C=O) groups excluding carboxylic acids is 1. The predicted molar refractivity (Wildman–Crippen MR) is 95.4 cm³/mol. The van der Waals surface area contributed by atoms with Crippen LogP contribution in [0.5, 0.6) is 5.75 Å². The minimum atomic E-state index is -3.40. The van der Waals surface area contributed by atoms with Gasteiger partial charge in [0.25, 0.3) is 5.91 Å². The van der Waals surface area contributed by atoms with Gasteiger partial charge in [0.1, 0.15) is 5.75 Å². The third-order valence-corrected chi connectivity index (χ3v) is 6.28. The summed E-state index contributed by atoms with van der Waals surface area (Å²) < 4.78 is 29.5. The van der Waals surface area contributed by atoms with Crippen molar-refractivity contribution < 1.29 is 17.9 Å². The molecule has 1 aromatic rings. The Kier molecular flexibility index (Phi) is 4.81. The summed E-state index contributed by atoms with van der Waals surface area (Å²) in [5.41, 5.74) is 6.47. The van der Waals surface area contributed by atoms with Crippen LogP contribution in [0.1, 0.15) is 37.0 Å². The summed E-state index contributed by atoms with van der Waals surface area (Å²) in [6, 6.07) is 4.64. The molecular formula is C18H26N2O4S. The zero-order valence-corrected chi connectivity index (χ0v) is 15.8. The highest BCUT2D eigenvalue weighted by Gasteiger charge is 2.43. The van der Waals surface area contributed by atoms with Crippen LogP contribution in [0.3, 0.4) is 0 Å². The summed E-state index contributed by atoms with van der Waals surface area (Å²) in [6.45, 7) is 5.06. The second-order valence-corrected chi connectivity index (χ2v) is 9.49. The number of hydrogen-bond acceptors (Lipinski definition) is 5. The number of nitrogens with two attached hydrogens (primary N) is 1. The molecule has 2 aliphatic rings. The number of hydrogen-bond donors (Lipinski definition) is 1.